The molecule has 0 unspecified atom stereocenters. The molecule has 3 rings (SSSR count). The lowest BCUT2D eigenvalue weighted by Crippen LogP contribution is -2.46. The van der Waals surface area contributed by atoms with Gasteiger partial charge < -0.3 is 4.90 Å². The Kier molecular flexibility index (Phi) is 5.98. The summed E-state index contributed by atoms with van der Waals surface area (Å²) in [6.45, 7) is 4.76. The Labute approximate surface area is 163 Å². The minimum Gasteiger partial charge on any atom is -0.312 e. The van der Waals surface area contributed by atoms with Gasteiger partial charge in [0.25, 0.3) is 10.0 Å². The first-order valence-corrected chi connectivity index (χ1v) is 11.2. The summed E-state index contributed by atoms with van der Waals surface area (Å²) < 4.78 is 40.7. The van der Waals surface area contributed by atoms with Crippen molar-refractivity contribution in [2.24, 2.45) is 5.92 Å². The van der Waals surface area contributed by atoms with Gasteiger partial charge >= 0.3 is 0 Å². The second-order valence-electron chi connectivity index (χ2n) is 6.63. The molecule has 5 nitrogen and oxygen atoms in total. The van der Waals surface area contributed by atoms with Crippen LogP contribution in [0.3, 0.4) is 0 Å². The highest BCUT2D eigenvalue weighted by Crippen LogP contribution is 2.29. The van der Waals surface area contributed by atoms with Crippen molar-refractivity contribution in [3.8, 4) is 0 Å². The molecule has 1 aromatic carbocycles. The Morgan fingerprint density at radius 3 is 2.56 bits per heavy atom. The van der Waals surface area contributed by atoms with Crippen molar-refractivity contribution in [1.29, 1.82) is 0 Å². The summed E-state index contributed by atoms with van der Waals surface area (Å²) in [7, 11) is -3.58. The molecule has 146 valence electrons. The molecular formula is C19H23FN2O3S2. The number of amides is 1. The lowest BCUT2D eigenvalue weighted by atomic mass is 9.97. The molecule has 2 aromatic rings. The minimum absolute atomic E-state index is 0.119. The van der Waals surface area contributed by atoms with Gasteiger partial charge in [-0.05, 0) is 63.1 Å². The van der Waals surface area contributed by atoms with Crippen molar-refractivity contribution in [3.63, 3.8) is 0 Å². The number of carbonyl (C=O) groups excluding carboxylic acids is 1. The van der Waals surface area contributed by atoms with E-state index >= 15 is 0 Å². The smallest absolute Gasteiger partial charge is 0.252 e. The van der Waals surface area contributed by atoms with Crippen molar-refractivity contribution in [2.45, 2.75) is 30.9 Å². The van der Waals surface area contributed by atoms with Gasteiger partial charge in [-0.15, -0.1) is 11.3 Å². The van der Waals surface area contributed by atoms with Crippen LogP contribution in [0.15, 0.2) is 40.6 Å². The minimum atomic E-state index is -3.58. The lowest BCUT2D eigenvalue weighted by Gasteiger charge is -2.33. The number of rotatable bonds is 5. The average Bonchev–Trinajstić information content (AvgIpc) is 3.11. The van der Waals surface area contributed by atoms with E-state index in [2.05, 4.69) is 0 Å². The number of hydrogen-bond donors (Lipinski definition) is 0. The summed E-state index contributed by atoms with van der Waals surface area (Å²) in [5.41, 5.74) is 0.623. The summed E-state index contributed by atoms with van der Waals surface area (Å²) in [5.74, 6) is -0.880. The van der Waals surface area contributed by atoms with Crippen molar-refractivity contribution >= 4 is 33.0 Å². The summed E-state index contributed by atoms with van der Waals surface area (Å²) in [6.07, 6.45) is 1.28. The second kappa shape index (κ2) is 8.08. The number of benzene rings is 1. The topological polar surface area (TPSA) is 57.7 Å². The average molecular weight is 411 g/mol. The van der Waals surface area contributed by atoms with Gasteiger partial charge in [0.1, 0.15) is 10.0 Å². The number of anilines is 1. The van der Waals surface area contributed by atoms with Crippen LogP contribution in [0.5, 0.6) is 0 Å². The van der Waals surface area contributed by atoms with Crippen molar-refractivity contribution < 1.29 is 17.6 Å². The standard InChI is InChI=1S/C19H23FN2O3S2/c1-3-22(17-9-7-16(20)8-10-17)19(23)15-5-4-12-21(13-15)27(24,25)18-11-6-14(2)26-18/h6-11,15H,3-5,12-13H2,1-2H3/t15-/m1/s1. The summed E-state index contributed by atoms with van der Waals surface area (Å²) in [5, 5.41) is 0. The molecule has 8 heteroatoms. The molecule has 27 heavy (non-hydrogen) atoms. The molecular weight excluding hydrogens is 387 g/mol. The molecule has 1 atom stereocenters. The van der Waals surface area contributed by atoms with E-state index in [-0.39, 0.29) is 18.3 Å². The SMILES string of the molecule is CCN(C(=O)[C@@H]1CCCN(S(=O)(=O)c2ccc(C)s2)C1)c1ccc(F)cc1. The second-order valence-corrected chi connectivity index (χ2v) is 10.1. The monoisotopic (exact) mass is 410 g/mol. The maximum absolute atomic E-state index is 13.2. The summed E-state index contributed by atoms with van der Waals surface area (Å²) in [6, 6.07) is 9.20. The maximum atomic E-state index is 13.2. The van der Waals surface area contributed by atoms with E-state index in [4.69, 9.17) is 0 Å². The van der Waals surface area contributed by atoms with E-state index in [1.807, 2.05) is 13.8 Å². The maximum Gasteiger partial charge on any atom is 0.252 e. The van der Waals surface area contributed by atoms with E-state index in [9.17, 15) is 17.6 Å². The van der Waals surface area contributed by atoms with Crippen LogP contribution in [0.1, 0.15) is 24.6 Å². The van der Waals surface area contributed by atoms with Crippen LogP contribution < -0.4 is 4.90 Å². The van der Waals surface area contributed by atoms with Crippen LogP contribution >= 0.6 is 11.3 Å². The molecule has 1 aliphatic rings. The molecule has 0 bridgehead atoms. The first-order valence-electron chi connectivity index (χ1n) is 8.96. The molecule has 1 fully saturated rings. The number of thiophene rings is 1. The Hall–Kier alpha value is -1.77. The molecule has 0 saturated carbocycles. The Bertz CT molecular complexity index is 909. The quantitative estimate of drug-likeness (QED) is 0.756. The van der Waals surface area contributed by atoms with Gasteiger partial charge in [-0.3, -0.25) is 4.79 Å². The fourth-order valence-corrected chi connectivity index (χ4v) is 6.31. The molecule has 1 aromatic heterocycles. The van der Waals surface area contributed by atoms with Gasteiger partial charge in [-0.1, -0.05) is 0 Å². The number of sulfonamides is 1. The van der Waals surface area contributed by atoms with Crippen LogP contribution in [0, 0.1) is 18.7 Å². The normalized spacial score (nSPS) is 18.4. The summed E-state index contributed by atoms with van der Waals surface area (Å²) >= 11 is 1.25. The third-order valence-corrected chi connectivity index (χ3v) is 8.10. The van der Waals surface area contributed by atoms with Gasteiger partial charge in [0.2, 0.25) is 5.91 Å². The highest BCUT2D eigenvalue weighted by atomic mass is 32.2. The van der Waals surface area contributed by atoms with Crippen LogP contribution in [-0.4, -0.2) is 38.3 Å². The highest BCUT2D eigenvalue weighted by Gasteiger charge is 2.35. The highest BCUT2D eigenvalue weighted by molar-refractivity contribution is 7.91. The van der Waals surface area contributed by atoms with E-state index in [0.717, 1.165) is 4.88 Å². The molecule has 2 heterocycles. The zero-order valence-corrected chi connectivity index (χ0v) is 17.0. The largest absolute Gasteiger partial charge is 0.312 e. The molecule has 0 radical (unpaired) electrons. The van der Waals surface area contributed by atoms with E-state index in [0.29, 0.717) is 35.8 Å². The van der Waals surface area contributed by atoms with Gasteiger partial charge in [0.15, 0.2) is 0 Å². The van der Waals surface area contributed by atoms with Crippen molar-refractivity contribution in [1.82, 2.24) is 4.31 Å². The van der Waals surface area contributed by atoms with Gasteiger partial charge in [-0.2, -0.15) is 4.31 Å². The fraction of sp³-hybridized carbons (Fsp3) is 0.421. The van der Waals surface area contributed by atoms with Gasteiger partial charge in [-0.25, -0.2) is 12.8 Å². The Balaban J connectivity index is 1.78. The predicted molar refractivity (Wildman–Crippen MR) is 105 cm³/mol. The fourth-order valence-electron chi connectivity index (χ4n) is 3.35. The number of aryl methyl sites for hydroxylation is 1. The molecule has 0 N–H and O–H groups in total. The number of halogens is 1. The molecule has 1 amide bonds. The van der Waals surface area contributed by atoms with Crippen LogP contribution in [0.4, 0.5) is 10.1 Å². The molecule has 0 spiro atoms. The molecule has 0 aliphatic carbocycles. The number of carbonyl (C=O) groups is 1. The van der Waals surface area contributed by atoms with Crippen molar-refractivity contribution in [3.05, 3.63) is 47.1 Å². The third kappa shape index (κ3) is 4.23. The molecule has 1 saturated heterocycles. The summed E-state index contributed by atoms with van der Waals surface area (Å²) in [4.78, 5) is 15.6. The van der Waals surface area contributed by atoms with Crippen LogP contribution in [-0.2, 0) is 14.8 Å². The van der Waals surface area contributed by atoms with Crippen molar-refractivity contribution in [2.75, 3.05) is 24.5 Å². The first-order chi connectivity index (χ1) is 12.8. The first kappa shape index (κ1) is 20.0. The lowest BCUT2D eigenvalue weighted by molar-refractivity contribution is -0.123. The predicted octanol–water partition coefficient (Wildman–Crippen LogP) is 3.65. The van der Waals surface area contributed by atoms with Gasteiger partial charge in [0, 0.05) is 30.2 Å². The number of nitrogens with zero attached hydrogens (tertiary/aromatic N) is 2. The van der Waals surface area contributed by atoms with Gasteiger partial charge in [0.05, 0.1) is 5.92 Å². The zero-order chi connectivity index (χ0) is 19.6. The molecule has 1 aliphatic heterocycles. The van der Waals surface area contributed by atoms with Crippen LogP contribution in [0.25, 0.3) is 0 Å². The van der Waals surface area contributed by atoms with E-state index < -0.39 is 15.9 Å². The zero-order valence-electron chi connectivity index (χ0n) is 15.4. The van der Waals surface area contributed by atoms with Crippen LogP contribution in [0.2, 0.25) is 0 Å². The number of piperidine rings is 1. The van der Waals surface area contributed by atoms with E-state index in [1.165, 1.54) is 27.8 Å². The Morgan fingerprint density at radius 2 is 1.96 bits per heavy atom. The van der Waals surface area contributed by atoms with E-state index in [1.54, 1.807) is 29.2 Å². The Morgan fingerprint density at radius 1 is 1.26 bits per heavy atom. The number of hydrogen-bond acceptors (Lipinski definition) is 4. The third-order valence-electron chi connectivity index (χ3n) is 4.76.